The first-order valence-electron chi connectivity index (χ1n) is 12.4. The van der Waals surface area contributed by atoms with E-state index in [1.54, 1.807) is 29.8 Å². The fraction of sp³-hybridized carbons (Fsp3) is 0.321. The number of amides is 1. The number of anilines is 2. The molecule has 11 nitrogen and oxygen atoms in total. The number of methoxy groups -OCH3 is 1. The molecule has 0 bridgehead atoms. The summed E-state index contributed by atoms with van der Waals surface area (Å²) >= 11 is 0. The molecule has 0 saturated carbocycles. The average Bonchev–Trinajstić information content (AvgIpc) is 3.24. The zero-order valence-corrected chi connectivity index (χ0v) is 24.0. The summed E-state index contributed by atoms with van der Waals surface area (Å²) in [5.41, 5.74) is 2.62. The van der Waals surface area contributed by atoms with Crippen LogP contribution >= 0.6 is 0 Å². The standard InChI is InChI=1S/C28H33N5O6S/c1-28(2,3)17-13-18(25(38-5)19(14-17)32-40(6)37)30-27(36)20-12-16-8-7-9-22(24(16)33(20)4)39-23-10-11-29-26(31-23)21(35)15-34/h7-14,21,32,34-35H,15H2,1-6H3,(H,30,36). The summed E-state index contributed by atoms with van der Waals surface area (Å²) in [6.07, 6.45) is 1.72. The molecular formula is C28H33N5O6S. The van der Waals surface area contributed by atoms with Crippen molar-refractivity contribution in [2.75, 3.05) is 30.0 Å². The number of para-hydroxylation sites is 1. The van der Waals surface area contributed by atoms with Crippen LogP contribution in [0.2, 0.25) is 0 Å². The second kappa shape index (κ2) is 11.6. The monoisotopic (exact) mass is 567 g/mol. The van der Waals surface area contributed by atoms with Gasteiger partial charge in [0.25, 0.3) is 5.91 Å². The Morgan fingerprint density at radius 1 is 1.18 bits per heavy atom. The zero-order valence-electron chi connectivity index (χ0n) is 23.2. The molecule has 0 radical (unpaired) electrons. The maximum atomic E-state index is 13.6. The molecule has 0 aliphatic rings. The van der Waals surface area contributed by atoms with Crippen molar-refractivity contribution < 1.29 is 28.7 Å². The van der Waals surface area contributed by atoms with Crippen LogP contribution < -0.4 is 19.5 Å². The van der Waals surface area contributed by atoms with Gasteiger partial charge >= 0.3 is 0 Å². The molecular weight excluding hydrogens is 534 g/mol. The number of aromatic nitrogens is 3. The van der Waals surface area contributed by atoms with Gasteiger partial charge in [0.1, 0.15) is 22.8 Å². The molecule has 2 heterocycles. The van der Waals surface area contributed by atoms with Crippen molar-refractivity contribution in [2.24, 2.45) is 7.05 Å². The van der Waals surface area contributed by atoms with Gasteiger partial charge in [-0.25, -0.2) is 9.19 Å². The lowest BCUT2D eigenvalue weighted by Gasteiger charge is -2.23. The average molecular weight is 568 g/mol. The Morgan fingerprint density at radius 2 is 1.90 bits per heavy atom. The molecule has 2 aromatic heterocycles. The number of aliphatic hydroxyl groups is 2. The molecule has 4 N–H and O–H groups in total. The Hall–Kier alpha value is -4.00. The number of benzene rings is 2. The van der Waals surface area contributed by atoms with E-state index < -0.39 is 23.7 Å². The van der Waals surface area contributed by atoms with Gasteiger partial charge in [-0.1, -0.05) is 32.9 Å². The van der Waals surface area contributed by atoms with E-state index in [0.717, 1.165) is 10.9 Å². The fourth-order valence-corrected chi connectivity index (χ4v) is 4.70. The number of rotatable bonds is 9. The minimum absolute atomic E-state index is 0.0336. The Kier molecular flexibility index (Phi) is 8.43. The molecule has 4 aromatic rings. The van der Waals surface area contributed by atoms with Crippen molar-refractivity contribution in [3.63, 3.8) is 0 Å². The summed E-state index contributed by atoms with van der Waals surface area (Å²) < 4.78 is 28.2. The number of aliphatic hydroxyl groups excluding tert-OH is 2. The smallest absolute Gasteiger partial charge is 0.272 e. The van der Waals surface area contributed by atoms with E-state index in [9.17, 15) is 19.2 Å². The van der Waals surface area contributed by atoms with E-state index in [2.05, 4.69) is 20.0 Å². The lowest BCUT2D eigenvalue weighted by atomic mass is 9.86. The van der Waals surface area contributed by atoms with E-state index in [4.69, 9.17) is 9.47 Å². The maximum absolute atomic E-state index is 13.6. The number of carbonyl (C=O) groups is 1. The number of nitrogens with one attached hydrogen (secondary N) is 2. The first-order valence-corrected chi connectivity index (χ1v) is 14.0. The van der Waals surface area contributed by atoms with Gasteiger partial charge in [0.15, 0.2) is 17.3 Å². The number of hydrogen-bond donors (Lipinski definition) is 4. The van der Waals surface area contributed by atoms with E-state index in [0.29, 0.717) is 34.1 Å². The summed E-state index contributed by atoms with van der Waals surface area (Å²) in [5, 5.41) is 22.8. The van der Waals surface area contributed by atoms with Crippen molar-refractivity contribution in [1.82, 2.24) is 14.5 Å². The highest BCUT2D eigenvalue weighted by molar-refractivity contribution is 7.85. The van der Waals surface area contributed by atoms with Crippen LogP contribution in [0.15, 0.2) is 48.7 Å². The zero-order chi connectivity index (χ0) is 29.2. The molecule has 0 saturated heterocycles. The molecule has 0 aliphatic heterocycles. The Bertz CT molecular complexity index is 1580. The van der Waals surface area contributed by atoms with Crippen LogP contribution in [-0.4, -0.2) is 54.8 Å². The molecule has 2 unspecified atom stereocenters. The molecule has 0 aliphatic carbocycles. The summed E-state index contributed by atoms with van der Waals surface area (Å²) in [4.78, 5) is 21.7. The lowest BCUT2D eigenvalue weighted by molar-refractivity contribution is 0.0881. The number of ether oxygens (including phenoxy) is 2. The normalized spacial score (nSPS) is 13.1. The van der Waals surface area contributed by atoms with Gasteiger partial charge in [0.05, 0.1) is 30.6 Å². The third-order valence-electron chi connectivity index (χ3n) is 6.25. The van der Waals surface area contributed by atoms with Crippen LogP contribution in [0.5, 0.6) is 17.4 Å². The minimum Gasteiger partial charge on any atom is -0.492 e. The molecule has 1 amide bonds. The first kappa shape index (κ1) is 29.0. The number of fused-ring (bicyclic) bond motifs is 1. The topological polar surface area (TPSA) is 148 Å². The number of aryl methyl sites for hydroxylation is 1. The SMILES string of the molecule is COc1c(NC(=O)c2cc3cccc(Oc4ccnc(C(O)CO)n4)c3n2C)cc(C(C)(C)C)cc1NS(C)=O. The van der Waals surface area contributed by atoms with Gasteiger partial charge in [-0.05, 0) is 35.2 Å². The van der Waals surface area contributed by atoms with Gasteiger partial charge in [-0.15, -0.1) is 0 Å². The van der Waals surface area contributed by atoms with E-state index in [-0.39, 0.29) is 23.0 Å². The largest absolute Gasteiger partial charge is 0.492 e. The van der Waals surface area contributed by atoms with Gasteiger partial charge in [-0.3, -0.25) is 4.79 Å². The van der Waals surface area contributed by atoms with Gasteiger partial charge in [0.2, 0.25) is 5.88 Å². The number of hydrogen-bond acceptors (Lipinski definition) is 8. The molecule has 0 fully saturated rings. The summed E-state index contributed by atoms with van der Waals surface area (Å²) in [7, 11) is 1.89. The van der Waals surface area contributed by atoms with Crippen molar-refractivity contribution in [3.05, 3.63) is 65.7 Å². The molecule has 40 heavy (non-hydrogen) atoms. The van der Waals surface area contributed by atoms with Crippen molar-refractivity contribution >= 4 is 39.2 Å². The number of carbonyl (C=O) groups excluding carboxylic acids is 1. The van der Waals surface area contributed by atoms with Crippen molar-refractivity contribution in [1.29, 1.82) is 0 Å². The Balaban J connectivity index is 1.72. The predicted octanol–water partition coefficient (Wildman–Crippen LogP) is 4.05. The fourth-order valence-electron chi connectivity index (χ4n) is 4.24. The van der Waals surface area contributed by atoms with Crippen LogP contribution in [0, 0.1) is 0 Å². The summed E-state index contributed by atoms with van der Waals surface area (Å²) in [6.45, 7) is 5.61. The van der Waals surface area contributed by atoms with Crippen molar-refractivity contribution in [2.45, 2.75) is 32.3 Å². The van der Waals surface area contributed by atoms with Crippen LogP contribution in [0.4, 0.5) is 11.4 Å². The van der Waals surface area contributed by atoms with Crippen LogP contribution in [-0.2, 0) is 23.4 Å². The second-order valence-electron chi connectivity index (χ2n) is 10.2. The molecule has 212 valence electrons. The first-order chi connectivity index (χ1) is 18.9. The van der Waals surface area contributed by atoms with Gasteiger partial charge in [0, 0.05) is 31.0 Å². The lowest BCUT2D eigenvalue weighted by Crippen LogP contribution is -2.19. The van der Waals surface area contributed by atoms with E-state index >= 15 is 0 Å². The second-order valence-corrected chi connectivity index (χ2v) is 11.3. The predicted molar refractivity (Wildman–Crippen MR) is 154 cm³/mol. The quantitative estimate of drug-likeness (QED) is 0.237. The third-order valence-corrected chi connectivity index (χ3v) is 6.75. The van der Waals surface area contributed by atoms with Crippen LogP contribution in [0.3, 0.4) is 0 Å². The highest BCUT2D eigenvalue weighted by Crippen LogP contribution is 2.39. The highest BCUT2D eigenvalue weighted by Gasteiger charge is 2.23. The molecule has 2 aromatic carbocycles. The van der Waals surface area contributed by atoms with E-state index in [1.807, 2.05) is 39.0 Å². The molecule has 4 rings (SSSR count). The molecule has 0 spiro atoms. The van der Waals surface area contributed by atoms with Crippen LogP contribution in [0.25, 0.3) is 10.9 Å². The Morgan fingerprint density at radius 3 is 2.55 bits per heavy atom. The maximum Gasteiger partial charge on any atom is 0.272 e. The van der Waals surface area contributed by atoms with Crippen molar-refractivity contribution in [3.8, 4) is 17.4 Å². The van der Waals surface area contributed by atoms with Crippen LogP contribution in [0.1, 0.15) is 48.8 Å². The summed E-state index contributed by atoms with van der Waals surface area (Å²) in [6, 6.07) is 12.4. The van der Waals surface area contributed by atoms with Gasteiger partial charge in [-0.2, -0.15) is 4.98 Å². The van der Waals surface area contributed by atoms with Gasteiger partial charge < -0.3 is 34.3 Å². The third kappa shape index (κ3) is 6.09. The molecule has 12 heteroatoms. The Labute approximate surface area is 234 Å². The highest BCUT2D eigenvalue weighted by atomic mass is 32.2. The summed E-state index contributed by atoms with van der Waals surface area (Å²) in [5.74, 6) is 0.629. The minimum atomic E-state index is -1.36. The number of nitrogens with zero attached hydrogens (tertiary/aromatic N) is 3. The molecule has 2 atom stereocenters. The van der Waals surface area contributed by atoms with E-state index in [1.165, 1.54) is 25.6 Å².